The van der Waals surface area contributed by atoms with E-state index in [0.717, 1.165) is 11.3 Å². The Morgan fingerprint density at radius 1 is 1.08 bits per heavy atom. The van der Waals surface area contributed by atoms with Gasteiger partial charge in [-0.3, -0.25) is 4.79 Å². The highest BCUT2D eigenvalue weighted by atomic mass is 16.5. The molecule has 0 aliphatic heterocycles. The summed E-state index contributed by atoms with van der Waals surface area (Å²) in [5, 5.41) is 7.22. The predicted octanol–water partition coefficient (Wildman–Crippen LogP) is 3.36. The van der Waals surface area contributed by atoms with E-state index in [4.69, 9.17) is 4.52 Å². The lowest BCUT2D eigenvalue weighted by Crippen LogP contribution is -2.21. The van der Waals surface area contributed by atoms with Crippen LogP contribution >= 0.6 is 0 Å². The van der Waals surface area contributed by atoms with Crippen LogP contribution in [0.25, 0.3) is 11.4 Å². The molecule has 0 aliphatic carbocycles. The summed E-state index contributed by atoms with van der Waals surface area (Å²) in [6.45, 7) is 2.45. The van der Waals surface area contributed by atoms with Gasteiger partial charge in [0.1, 0.15) is 0 Å². The van der Waals surface area contributed by atoms with Crippen molar-refractivity contribution in [1.82, 2.24) is 15.0 Å². The first-order valence-corrected chi connectivity index (χ1v) is 7.98. The molecule has 0 fully saturated rings. The summed E-state index contributed by atoms with van der Waals surface area (Å²) in [7, 11) is 3.46. The van der Waals surface area contributed by atoms with Gasteiger partial charge in [0, 0.05) is 30.9 Å². The van der Waals surface area contributed by atoms with Crippen molar-refractivity contribution in [3.05, 3.63) is 65.5 Å². The first-order valence-electron chi connectivity index (χ1n) is 7.98. The van der Waals surface area contributed by atoms with Crippen molar-refractivity contribution >= 4 is 11.6 Å². The zero-order valence-electron chi connectivity index (χ0n) is 14.5. The highest BCUT2D eigenvalue weighted by Crippen LogP contribution is 2.17. The van der Waals surface area contributed by atoms with Crippen molar-refractivity contribution in [2.75, 3.05) is 19.4 Å². The molecule has 2 aromatic carbocycles. The summed E-state index contributed by atoms with van der Waals surface area (Å²) in [4.78, 5) is 17.8. The molecule has 0 bridgehead atoms. The van der Waals surface area contributed by atoms with Crippen LogP contribution in [-0.2, 0) is 6.54 Å². The molecular formula is C19H20N4O2. The van der Waals surface area contributed by atoms with Gasteiger partial charge in [-0.1, -0.05) is 35.0 Å². The normalized spacial score (nSPS) is 10.5. The Hall–Kier alpha value is -3.15. The number of carbonyl (C=O) groups excluding carboxylic acids is 1. The number of hydrogen-bond acceptors (Lipinski definition) is 5. The molecule has 3 aromatic rings. The van der Waals surface area contributed by atoms with Gasteiger partial charge >= 0.3 is 0 Å². The first kappa shape index (κ1) is 16.7. The Morgan fingerprint density at radius 2 is 1.76 bits per heavy atom. The fourth-order valence-electron chi connectivity index (χ4n) is 2.31. The first-order chi connectivity index (χ1) is 12.0. The van der Waals surface area contributed by atoms with Gasteiger partial charge in [-0.2, -0.15) is 4.98 Å². The second-order valence-corrected chi connectivity index (χ2v) is 6.01. The second kappa shape index (κ2) is 7.17. The fraction of sp³-hybridized carbons (Fsp3) is 0.211. The zero-order chi connectivity index (χ0) is 17.8. The molecule has 0 spiro atoms. The Labute approximate surface area is 146 Å². The van der Waals surface area contributed by atoms with Gasteiger partial charge in [-0.05, 0) is 31.2 Å². The zero-order valence-corrected chi connectivity index (χ0v) is 14.5. The maximum absolute atomic E-state index is 11.9. The van der Waals surface area contributed by atoms with E-state index in [0.29, 0.717) is 23.8 Å². The van der Waals surface area contributed by atoms with Crippen molar-refractivity contribution in [2.24, 2.45) is 0 Å². The molecule has 6 nitrogen and oxygen atoms in total. The van der Waals surface area contributed by atoms with Crippen LogP contribution in [0.1, 0.15) is 21.8 Å². The van der Waals surface area contributed by atoms with E-state index in [2.05, 4.69) is 15.5 Å². The molecule has 0 saturated heterocycles. The van der Waals surface area contributed by atoms with Crippen LogP contribution < -0.4 is 5.32 Å². The molecule has 6 heteroatoms. The van der Waals surface area contributed by atoms with Crippen LogP contribution in [0, 0.1) is 6.92 Å². The average Bonchev–Trinajstić information content (AvgIpc) is 3.09. The third-order valence-electron chi connectivity index (χ3n) is 3.76. The molecule has 1 aromatic heterocycles. The SMILES string of the molecule is Cc1ccc(-c2noc(CNc3ccc(C(=O)N(C)C)cc3)n2)cc1. The third-order valence-corrected chi connectivity index (χ3v) is 3.76. The van der Waals surface area contributed by atoms with E-state index < -0.39 is 0 Å². The van der Waals surface area contributed by atoms with E-state index in [1.165, 1.54) is 5.56 Å². The maximum Gasteiger partial charge on any atom is 0.253 e. The Morgan fingerprint density at radius 3 is 2.40 bits per heavy atom. The number of aryl methyl sites for hydroxylation is 1. The van der Waals surface area contributed by atoms with Crippen LogP contribution in [0.3, 0.4) is 0 Å². The Kier molecular flexibility index (Phi) is 4.79. The molecule has 0 radical (unpaired) electrons. The molecule has 0 aliphatic rings. The van der Waals surface area contributed by atoms with Crippen molar-refractivity contribution in [3.63, 3.8) is 0 Å². The molecule has 1 amide bonds. The number of amides is 1. The van der Waals surface area contributed by atoms with Crippen molar-refractivity contribution in [1.29, 1.82) is 0 Å². The molecule has 25 heavy (non-hydrogen) atoms. The minimum atomic E-state index is -0.0220. The minimum absolute atomic E-state index is 0.0220. The quantitative estimate of drug-likeness (QED) is 0.773. The molecule has 128 valence electrons. The third kappa shape index (κ3) is 4.03. The summed E-state index contributed by atoms with van der Waals surface area (Å²) in [5.41, 5.74) is 3.64. The molecule has 0 atom stereocenters. The largest absolute Gasteiger partial charge is 0.376 e. The van der Waals surface area contributed by atoms with Crippen LogP contribution in [0.2, 0.25) is 0 Å². The van der Waals surface area contributed by atoms with Crippen LogP contribution in [0.5, 0.6) is 0 Å². The van der Waals surface area contributed by atoms with Gasteiger partial charge in [0.2, 0.25) is 11.7 Å². The van der Waals surface area contributed by atoms with Crippen LogP contribution in [-0.4, -0.2) is 35.0 Å². The van der Waals surface area contributed by atoms with Crippen molar-refractivity contribution in [2.45, 2.75) is 13.5 Å². The van der Waals surface area contributed by atoms with Gasteiger partial charge in [-0.25, -0.2) is 0 Å². The molecule has 3 rings (SSSR count). The summed E-state index contributed by atoms with van der Waals surface area (Å²) < 4.78 is 5.28. The Balaban J connectivity index is 1.62. The molecule has 1 N–H and O–H groups in total. The van der Waals surface area contributed by atoms with E-state index in [1.807, 2.05) is 43.3 Å². The van der Waals surface area contributed by atoms with E-state index >= 15 is 0 Å². The van der Waals surface area contributed by atoms with Gasteiger partial charge < -0.3 is 14.7 Å². The second-order valence-electron chi connectivity index (χ2n) is 6.01. The fourth-order valence-corrected chi connectivity index (χ4v) is 2.31. The van der Waals surface area contributed by atoms with Crippen LogP contribution in [0.4, 0.5) is 5.69 Å². The van der Waals surface area contributed by atoms with Gasteiger partial charge in [0.05, 0.1) is 6.54 Å². The highest BCUT2D eigenvalue weighted by molar-refractivity contribution is 5.94. The van der Waals surface area contributed by atoms with Crippen molar-refractivity contribution < 1.29 is 9.32 Å². The molecule has 0 saturated carbocycles. The van der Waals surface area contributed by atoms with Gasteiger partial charge in [0.15, 0.2) is 0 Å². The maximum atomic E-state index is 11.9. The number of nitrogens with one attached hydrogen (secondary N) is 1. The van der Waals surface area contributed by atoms with E-state index in [9.17, 15) is 4.79 Å². The number of hydrogen-bond donors (Lipinski definition) is 1. The summed E-state index contributed by atoms with van der Waals surface area (Å²) in [6, 6.07) is 15.3. The number of rotatable bonds is 5. The number of carbonyl (C=O) groups is 1. The average molecular weight is 336 g/mol. The number of nitrogens with zero attached hydrogens (tertiary/aromatic N) is 3. The van der Waals surface area contributed by atoms with Crippen LogP contribution in [0.15, 0.2) is 53.1 Å². The lowest BCUT2D eigenvalue weighted by Gasteiger charge is -2.10. The summed E-state index contributed by atoms with van der Waals surface area (Å²) in [6.07, 6.45) is 0. The smallest absolute Gasteiger partial charge is 0.253 e. The molecular weight excluding hydrogens is 316 g/mol. The highest BCUT2D eigenvalue weighted by Gasteiger charge is 2.09. The molecule has 1 heterocycles. The minimum Gasteiger partial charge on any atom is -0.376 e. The predicted molar refractivity (Wildman–Crippen MR) is 96.3 cm³/mol. The molecule has 0 unspecified atom stereocenters. The van der Waals surface area contributed by atoms with Gasteiger partial charge in [0.25, 0.3) is 5.91 Å². The van der Waals surface area contributed by atoms with Crippen molar-refractivity contribution in [3.8, 4) is 11.4 Å². The Bertz CT molecular complexity index is 852. The van der Waals surface area contributed by atoms with E-state index in [1.54, 1.807) is 31.1 Å². The monoisotopic (exact) mass is 336 g/mol. The standard InChI is InChI=1S/C19H20N4O2/c1-13-4-6-14(7-5-13)18-21-17(25-22-18)12-20-16-10-8-15(9-11-16)19(24)23(2)3/h4-11,20H,12H2,1-3H3. The van der Waals surface area contributed by atoms with Gasteiger partial charge in [-0.15, -0.1) is 0 Å². The summed E-state index contributed by atoms with van der Waals surface area (Å²) in [5.74, 6) is 1.05. The summed E-state index contributed by atoms with van der Waals surface area (Å²) >= 11 is 0. The number of aromatic nitrogens is 2. The van der Waals surface area contributed by atoms with E-state index in [-0.39, 0.29) is 5.91 Å². The topological polar surface area (TPSA) is 71.3 Å². The lowest BCUT2D eigenvalue weighted by molar-refractivity contribution is 0.0827. The number of anilines is 1. The number of benzene rings is 2. The lowest BCUT2D eigenvalue weighted by atomic mass is 10.1.